The minimum absolute atomic E-state index is 0.567. The predicted molar refractivity (Wildman–Crippen MR) is 282 cm³/mol. The van der Waals surface area contributed by atoms with E-state index in [0.717, 1.165) is 5.69 Å². The number of rotatable bonds is 8. The van der Waals surface area contributed by atoms with Crippen molar-refractivity contribution >= 4 is 54.4 Å². The van der Waals surface area contributed by atoms with E-state index in [2.05, 4.69) is 276 Å². The molecule has 13 rings (SSSR count). The predicted octanol–water partition coefficient (Wildman–Crippen LogP) is 16.8. The molecule has 0 saturated carbocycles. The van der Waals surface area contributed by atoms with Gasteiger partial charge in [0, 0.05) is 32.9 Å². The SMILES string of the molecule is c1ccc(-n2c3ccccc3c3cc(-c4ccc(-c5ccc6c(c5)c5cc(C(c7ccccc7)(c7ccccc7)c7ccccc7)ccc5n6-c5ccc6ccccc6c5)cc4)ccc32)cc1. The maximum Gasteiger partial charge on any atom is 0.0701 e. The Bertz CT molecular complexity index is 3840. The van der Waals surface area contributed by atoms with Crippen LogP contribution in [0.15, 0.2) is 267 Å². The molecule has 0 aliphatic heterocycles. The molecule has 0 bridgehead atoms. The number of fused-ring (bicyclic) bond motifs is 7. The maximum atomic E-state index is 2.47. The maximum absolute atomic E-state index is 2.47. The summed E-state index contributed by atoms with van der Waals surface area (Å²) in [6.45, 7) is 0. The fourth-order valence-corrected chi connectivity index (χ4v) is 11.0. The largest absolute Gasteiger partial charge is 0.309 e. The summed E-state index contributed by atoms with van der Waals surface area (Å²) in [4.78, 5) is 0. The minimum atomic E-state index is -0.567. The van der Waals surface area contributed by atoms with Crippen molar-refractivity contribution in [2.75, 3.05) is 0 Å². The number of benzene rings is 11. The smallest absolute Gasteiger partial charge is 0.0701 e. The molecule has 0 saturated heterocycles. The van der Waals surface area contributed by atoms with Gasteiger partial charge >= 0.3 is 0 Å². The average molecular weight is 853 g/mol. The number of para-hydroxylation sites is 2. The molecule has 0 unspecified atom stereocenters. The molecule has 2 heteroatoms. The minimum Gasteiger partial charge on any atom is -0.309 e. The number of aromatic nitrogens is 2. The quantitative estimate of drug-likeness (QED) is 0.135. The van der Waals surface area contributed by atoms with Crippen LogP contribution in [-0.4, -0.2) is 9.13 Å². The molecular weight excluding hydrogens is 809 g/mol. The van der Waals surface area contributed by atoms with Crippen molar-refractivity contribution < 1.29 is 0 Å². The van der Waals surface area contributed by atoms with Gasteiger partial charge in [-0.2, -0.15) is 0 Å². The van der Waals surface area contributed by atoms with Gasteiger partial charge in [-0.15, -0.1) is 0 Å². The highest BCUT2D eigenvalue weighted by atomic mass is 15.0. The lowest BCUT2D eigenvalue weighted by Gasteiger charge is -2.37. The summed E-state index contributed by atoms with van der Waals surface area (Å²) in [5.41, 5.74) is 16.2. The lowest BCUT2D eigenvalue weighted by molar-refractivity contribution is 0.746. The molecule has 0 N–H and O–H groups in total. The van der Waals surface area contributed by atoms with Gasteiger partial charge in [-0.25, -0.2) is 0 Å². The van der Waals surface area contributed by atoms with Crippen molar-refractivity contribution in [2.24, 2.45) is 0 Å². The fourth-order valence-electron chi connectivity index (χ4n) is 11.0. The summed E-state index contributed by atoms with van der Waals surface area (Å²) >= 11 is 0. The van der Waals surface area contributed by atoms with Crippen LogP contribution in [0.2, 0.25) is 0 Å². The Labute approximate surface area is 389 Å². The van der Waals surface area contributed by atoms with Gasteiger partial charge < -0.3 is 9.13 Å². The van der Waals surface area contributed by atoms with Crippen LogP contribution in [0.1, 0.15) is 22.3 Å². The van der Waals surface area contributed by atoms with Crippen LogP contribution >= 0.6 is 0 Å². The third-order valence-electron chi connectivity index (χ3n) is 14.0. The number of hydrogen-bond acceptors (Lipinski definition) is 0. The molecule has 314 valence electrons. The third-order valence-corrected chi connectivity index (χ3v) is 14.0. The van der Waals surface area contributed by atoms with Crippen molar-refractivity contribution in [2.45, 2.75) is 5.41 Å². The number of nitrogens with zero attached hydrogens (tertiary/aromatic N) is 2. The molecule has 2 aromatic heterocycles. The second-order valence-electron chi connectivity index (χ2n) is 17.7. The molecule has 0 radical (unpaired) electrons. The van der Waals surface area contributed by atoms with Crippen LogP contribution in [-0.2, 0) is 5.41 Å². The van der Waals surface area contributed by atoms with Crippen LogP contribution < -0.4 is 0 Å². The number of hydrogen-bond donors (Lipinski definition) is 0. The normalized spacial score (nSPS) is 11.9. The molecule has 0 atom stereocenters. The molecule has 0 spiro atoms. The van der Waals surface area contributed by atoms with Gasteiger partial charge in [0.2, 0.25) is 0 Å². The van der Waals surface area contributed by atoms with Crippen LogP contribution in [0.5, 0.6) is 0 Å². The molecule has 0 aliphatic carbocycles. The first-order valence-corrected chi connectivity index (χ1v) is 23.2. The van der Waals surface area contributed by atoms with Crippen molar-refractivity contribution in [3.05, 3.63) is 289 Å². The average Bonchev–Trinajstić information content (AvgIpc) is 3.92. The molecule has 2 heterocycles. The van der Waals surface area contributed by atoms with Crippen molar-refractivity contribution in [1.82, 2.24) is 9.13 Å². The monoisotopic (exact) mass is 852 g/mol. The summed E-state index contributed by atoms with van der Waals surface area (Å²) in [7, 11) is 0. The summed E-state index contributed by atoms with van der Waals surface area (Å²) in [6, 6.07) is 98.2. The van der Waals surface area contributed by atoms with Gasteiger partial charge in [-0.05, 0) is 122 Å². The lowest BCUT2D eigenvalue weighted by atomic mass is 9.65. The van der Waals surface area contributed by atoms with E-state index in [4.69, 9.17) is 0 Å². The zero-order valence-corrected chi connectivity index (χ0v) is 36.8. The van der Waals surface area contributed by atoms with E-state index in [0.29, 0.717) is 0 Å². The standard InChI is InChI=1S/C65H44N2/c1-5-19-51(20-6-1)65(52-21-7-2-8-22-52,53-23-9-3-10-24-53)54-36-40-64-60(44-54)59-43-50(35-39-63(59)67(64)56-37-33-45-17-13-14-18-48(45)41-56)47-31-29-46(30-32-47)49-34-38-62-58(42-49)57-27-15-16-28-61(57)66(62)55-25-11-4-12-26-55/h1-44H. The van der Waals surface area contributed by atoms with E-state index < -0.39 is 5.41 Å². The van der Waals surface area contributed by atoms with E-state index in [1.54, 1.807) is 0 Å². The molecule has 11 aromatic carbocycles. The van der Waals surface area contributed by atoms with Gasteiger partial charge in [0.15, 0.2) is 0 Å². The molecule has 0 fully saturated rings. The lowest BCUT2D eigenvalue weighted by Crippen LogP contribution is -2.30. The van der Waals surface area contributed by atoms with Gasteiger partial charge in [0.1, 0.15) is 0 Å². The Morgan fingerprint density at radius 3 is 1.22 bits per heavy atom. The zero-order valence-electron chi connectivity index (χ0n) is 36.8. The summed E-state index contributed by atoms with van der Waals surface area (Å²) in [5.74, 6) is 0. The Morgan fingerprint density at radius 2 is 0.642 bits per heavy atom. The van der Waals surface area contributed by atoms with Crippen LogP contribution in [0.3, 0.4) is 0 Å². The highest BCUT2D eigenvalue weighted by Gasteiger charge is 2.38. The van der Waals surface area contributed by atoms with Gasteiger partial charge in [-0.1, -0.05) is 200 Å². The summed E-state index contributed by atoms with van der Waals surface area (Å²) < 4.78 is 4.83. The van der Waals surface area contributed by atoms with E-state index in [1.807, 2.05) is 0 Å². The molecule has 2 nitrogen and oxygen atoms in total. The molecule has 67 heavy (non-hydrogen) atoms. The Morgan fingerprint density at radius 1 is 0.224 bits per heavy atom. The summed E-state index contributed by atoms with van der Waals surface area (Å²) in [6.07, 6.45) is 0. The van der Waals surface area contributed by atoms with E-state index >= 15 is 0 Å². The highest BCUT2D eigenvalue weighted by molar-refractivity contribution is 6.12. The van der Waals surface area contributed by atoms with Crippen LogP contribution in [0.25, 0.3) is 88.0 Å². The molecule has 0 aliphatic rings. The second kappa shape index (κ2) is 15.8. The van der Waals surface area contributed by atoms with E-state index in [-0.39, 0.29) is 0 Å². The Hall–Kier alpha value is -8.72. The Balaban J connectivity index is 0.984. The second-order valence-corrected chi connectivity index (χ2v) is 17.7. The fraction of sp³-hybridized carbons (Fsp3) is 0.0154. The molecule has 13 aromatic rings. The zero-order chi connectivity index (χ0) is 44.3. The van der Waals surface area contributed by atoms with Crippen LogP contribution in [0, 0.1) is 0 Å². The molecule has 0 amide bonds. The van der Waals surface area contributed by atoms with Gasteiger partial charge in [0.25, 0.3) is 0 Å². The van der Waals surface area contributed by atoms with E-state index in [1.165, 1.54) is 105 Å². The Kier molecular flexibility index (Phi) is 9.11. The first-order valence-electron chi connectivity index (χ1n) is 23.2. The molecular formula is C65H44N2. The highest BCUT2D eigenvalue weighted by Crippen LogP contribution is 2.47. The van der Waals surface area contributed by atoms with Crippen molar-refractivity contribution in [3.8, 4) is 33.6 Å². The first-order chi connectivity index (χ1) is 33.2. The van der Waals surface area contributed by atoms with Crippen LogP contribution in [0.4, 0.5) is 0 Å². The van der Waals surface area contributed by atoms with Crippen molar-refractivity contribution in [1.29, 1.82) is 0 Å². The topological polar surface area (TPSA) is 9.86 Å². The van der Waals surface area contributed by atoms with Gasteiger partial charge in [-0.3, -0.25) is 0 Å². The third kappa shape index (κ3) is 6.26. The van der Waals surface area contributed by atoms with Gasteiger partial charge in [0.05, 0.1) is 27.5 Å². The summed E-state index contributed by atoms with van der Waals surface area (Å²) in [5, 5.41) is 7.40. The van der Waals surface area contributed by atoms with Crippen molar-refractivity contribution in [3.63, 3.8) is 0 Å². The van der Waals surface area contributed by atoms with E-state index in [9.17, 15) is 0 Å². The first kappa shape index (κ1) is 38.7.